The van der Waals surface area contributed by atoms with E-state index >= 15 is 0 Å². The number of aliphatic carboxylic acids is 1. The molecule has 0 aliphatic rings. The first-order valence-corrected chi connectivity index (χ1v) is 5.74. The quantitative estimate of drug-likeness (QED) is 0.244. The second-order valence-corrected chi connectivity index (χ2v) is 3.97. The number of anilines is 1. The van der Waals surface area contributed by atoms with Gasteiger partial charge in [-0.25, -0.2) is 9.59 Å². The molecule has 1 rings (SSSR count). The molecular weight excluding hydrogens is 266 g/mol. The van der Waals surface area contributed by atoms with Gasteiger partial charge < -0.3 is 21.0 Å². The van der Waals surface area contributed by atoms with Gasteiger partial charge in [0.1, 0.15) is 6.04 Å². The maximum atomic E-state index is 11.6. The van der Waals surface area contributed by atoms with Gasteiger partial charge in [-0.1, -0.05) is 0 Å². The Morgan fingerprint density at radius 1 is 1.25 bits per heavy atom. The summed E-state index contributed by atoms with van der Waals surface area (Å²) >= 11 is 0. The first kappa shape index (κ1) is 15.6. The SMILES string of the molecule is NNc1ccc(C(=O)OC(=O)[C@@H](N)CCC(=O)O)cc1. The molecule has 0 fully saturated rings. The van der Waals surface area contributed by atoms with Gasteiger partial charge in [0.25, 0.3) is 0 Å². The Labute approximate surface area is 114 Å². The molecule has 0 bridgehead atoms. The average molecular weight is 281 g/mol. The van der Waals surface area contributed by atoms with Crippen LogP contribution in [-0.4, -0.2) is 29.1 Å². The molecule has 0 radical (unpaired) electrons. The third-order valence-corrected chi connectivity index (χ3v) is 2.45. The van der Waals surface area contributed by atoms with Gasteiger partial charge in [-0.3, -0.25) is 10.6 Å². The maximum Gasteiger partial charge on any atom is 0.345 e. The van der Waals surface area contributed by atoms with E-state index in [0.717, 1.165) is 0 Å². The zero-order valence-electron chi connectivity index (χ0n) is 10.5. The average Bonchev–Trinajstić information content (AvgIpc) is 2.44. The lowest BCUT2D eigenvalue weighted by atomic mass is 10.1. The first-order valence-electron chi connectivity index (χ1n) is 5.74. The van der Waals surface area contributed by atoms with Gasteiger partial charge in [-0.05, 0) is 30.7 Å². The molecule has 0 spiro atoms. The number of hydrazine groups is 1. The van der Waals surface area contributed by atoms with Crippen LogP contribution in [0.4, 0.5) is 5.69 Å². The number of carbonyl (C=O) groups excluding carboxylic acids is 2. The molecule has 0 aliphatic carbocycles. The van der Waals surface area contributed by atoms with Gasteiger partial charge in [0.2, 0.25) is 0 Å². The number of carboxylic acids is 1. The van der Waals surface area contributed by atoms with E-state index in [4.69, 9.17) is 16.7 Å². The molecule has 1 aromatic carbocycles. The van der Waals surface area contributed by atoms with Crippen molar-refractivity contribution in [2.45, 2.75) is 18.9 Å². The number of nitrogens with two attached hydrogens (primary N) is 2. The number of esters is 2. The molecule has 0 amide bonds. The molecule has 0 unspecified atom stereocenters. The van der Waals surface area contributed by atoms with Crippen molar-refractivity contribution in [3.63, 3.8) is 0 Å². The summed E-state index contributed by atoms with van der Waals surface area (Å²) in [6.07, 6.45) is -0.376. The summed E-state index contributed by atoms with van der Waals surface area (Å²) in [5.74, 6) is 2.27. The molecular formula is C12H15N3O5. The standard InChI is InChI=1S/C12H15N3O5/c13-9(5-6-10(16)17)12(19)20-11(18)7-1-3-8(15-14)4-2-7/h1-4,9,15H,5-6,13-14H2,(H,16,17)/t9-/m0/s1. The van der Waals surface area contributed by atoms with Crippen molar-refractivity contribution in [1.82, 2.24) is 0 Å². The minimum atomic E-state index is -1.15. The number of nitrogen functional groups attached to an aromatic ring is 1. The van der Waals surface area contributed by atoms with Crippen LogP contribution in [0, 0.1) is 0 Å². The predicted molar refractivity (Wildman–Crippen MR) is 69.5 cm³/mol. The topological polar surface area (TPSA) is 145 Å². The number of ether oxygens (including phenoxy) is 1. The highest BCUT2D eigenvalue weighted by Crippen LogP contribution is 2.09. The van der Waals surface area contributed by atoms with Gasteiger partial charge in [-0.2, -0.15) is 0 Å². The van der Waals surface area contributed by atoms with Crippen LogP contribution in [0.1, 0.15) is 23.2 Å². The van der Waals surface area contributed by atoms with Crippen LogP contribution in [0.3, 0.4) is 0 Å². The van der Waals surface area contributed by atoms with Crippen LogP contribution < -0.4 is 17.0 Å². The largest absolute Gasteiger partial charge is 0.481 e. The third-order valence-electron chi connectivity index (χ3n) is 2.45. The Morgan fingerprint density at radius 3 is 2.35 bits per heavy atom. The van der Waals surface area contributed by atoms with Crippen LogP contribution in [0.25, 0.3) is 0 Å². The van der Waals surface area contributed by atoms with Gasteiger partial charge in [0.05, 0.1) is 5.56 Å². The highest BCUT2D eigenvalue weighted by molar-refractivity contribution is 5.98. The summed E-state index contributed by atoms with van der Waals surface area (Å²) in [7, 11) is 0. The van der Waals surface area contributed by atoms with Crippen LogP contribution >= 0.6 is 0 Å². The van der Waals surface area contributed by atoms with Crippen molar-refractivity contribution < 1.29 is 24.2 Å². The van der Waals surface area contributed by atoms with Crippen molar-refractivity contribution in [3.05, 3.63) is 29.8 Å². The molecule has 0 saturated heterocycles. The summed E-state index contributed by atoms with van der Waals surface area (Å²) in [4.78, 5) is 33.4. The fourth-order valence-corrected chi connectivity index (χ4v) is 1.33. The van der Waals surface area contributed by atoms with Crippen molar-refractivity contribution in [1.29, 1.82) is 0 Å². The van der Waals surface area contributed by atoms with Crippen molar-refractivity contribution >= 4 is 23.6 Å². The summed E-state index contributed by atoms with van der Waals surface area (Å²) in [6, 6.07) is 4.76. The predicted octanol–water partition coefficient (Wildman–Crippen LogP) is -0.152. The molecule has 8 nitrogen and oxygen atoms in total. The molecule has 0 aromatic heterocycles. The lowest BCUT2D eigenvalue weighted by Crippen LogP contribution is -2.34. The summed E-state index contributed by atoms with van der Waals surface area (Å²) in [5, 5.41) is 8.46. The molecule has 6 N–H and O–H groups in total. The highest BCUT2D eigenvalue weighted by Gasteiger charge is 2.20. The highest BCUT2D eigenvalue weighted by atomic mass is 16.6. The number of hydrogen-bond acceptors (Lipinski definition) is 7. The Morgan fingerprint density at radius 2 is 1.85 bits per heavy atom. The lowest BCUT2D eigenvalue weighted by molar-refractivity contribution is -0.140. The fraction of sp³-hybridized carbons (Fsp3) is 0.250. The van der Waals surface area contributed by atoms with E-state index in [2.05, 4.69) is 10.2 Å². The minimum Gasteiger partial charge on any atom is -0.481 e. The fourth-order valence-electron chi connectivity index (χ4n) is 1.33. The maximum absolute atomic E-state index is 11.6. The second kappa shape index (κ2) is 7.22. The smallest absolute Gasteiger partial charge is 0.345 e. The van der Waals surface area contributed by atoms with E-state index in [0.29, 0.717) is 5.69 Å². The Balaban J connectivity index is 2.55. The summed E-state index contributed by atoms with van der Waals surface area (Å²) in [5.41, 5.74) is 8.55. The van der Waals surface area contributed by atoms with E-state index in [1.54, 1.807) is 0 Å². The van der Waals surface area contributed by atoms with Gasteiger partial charge in [0, 0.05) is 12.1 Å². The van der Waals surface area contributed by atoms with Crippen molar-refractivity contribution in [2.24, 2.45) is 11.6 Å². The Hall–Kier alpha value is -2.45. The Kier molecular flexibility index (Phi) is 5.63. The zero-order chi connectivity index (χ0) is 15.1. The van der Waals surface area contributed by atoms with E-state index in [9.17, 15) is 14.4 Å². The molecule has 0 heterocycles. The number of rotatable bonds is 6. The summed E-state index contributed by atoms with van der Waals surface area (Å²) < 4.78 is 4.56. The van der Waals surface area contributed by atoms with Crippen LogP contribution in [-0.2, 0) is 14.3 Å². The van der Waals surface area contributed by atoms with Crippen LogP contribution in [0.5, 0.6) is 0 Å². The zero-order valence-corrected chi connectivity index (χ0v) is 10.5. The van der Waals surface area contributed by atoms with Crippen LogP contribution in [0.15, 0.2) is 24.3 Å². The monoisotopic (exact) mass is 281 g/mol. The van der Waals surface area contributed by atoms with E-state index in [1.807, 2.05) is 0 Å². The Bertz CT molecular complexity index is 500. The minimum absolute atomic E-state index is 0.0997. The third kappa shape index (κ3) is 4.67. The van der Waals surface area contributed by atoms with E-state index < -0.39 is 23.9 Å². The molecule has 0 saturated carbocycles. The van der Waals surface area contributed by atoms with E-state index in [1.165, 1.54) is 24.3 Å². The first-order chi connectivity index (χ1) is 9.43. The van der Waals surface area contributed by atoms with Crippen molar-refractivity contribution in [3.8, 4) is 0 Å². The number of benzene rings is 1. The molecule has 1 aromatic rings. The molecule has 8 heteroatoms. The molecule has 20 heavy (non-hydrogen) atoms. The molecule has 108 valence electrons. The van der Waals surface area contributed by atoms with E-state index in [-0.39, 0.29) is 18.4 Å². The number of nitrogens with one attached hydrogen (secondary N) is 1. The number of carboxylic acid groups (broad SMARTS) is 1. The second-order valence-electron chi connectivity index (χ2n) is 3.97. The van der Waals surface area contributed by atoms with Gasteiger partial charge >= 0.3 is 17.9 Å². The lowest BCUT2D eigenvalue weighted by Gasteiger charge is -2.09. The number of hydrogen-bond donors (Lipinski definition) is 4. The molecule has 0 aliphatic heterocycles. The van der Waals surface area contributed by atoms with Gasteiger partial charge in [0.15, 0.2) is 0 Å². The summed E-state index contributed by atoms with van der Waals surface area (Å²) in [6.45, 7) is 0. The van der Waals surface area contributed by atoms with Gasteiger partial charge in [-0.15, -0.1) is 0 Å². The van der Waals surface area contributed by atoms with Crippen LogP contribution in [0.2, 0.25) is 0 Å². The number of carbonyl (C=O) groups is 3. The molecule has 1 atom stereocenters. The normalized spacial score (nSPS) is 11.5. The van der Waals surface area contributed by atoms with Crippen molar-refractivity contribution in [2.75, 3.05) is 5.43 Å².